The number of guanidine groups is 1. The van der Waals surface area contributed by atoms with Gasteiger partial charge >= 0.3 is 0 Å². The highest BCUT2D eigenvalue weighted by Gasteiger charge is 2.09. The van der Waals surface area contributed by atoms with E-state index in [1.165, 1.54) is 12.1 Å². The number of aryl methyl sites for hydroxylation is 2. The van der Waals surface area contributed by atoms with Crippen LogP contribution in [0.25, 0.3) is 0 Å². The molecule has 0 bridgehead atoms. The lowest BCUT2D eigenvalue weighted by atomic mass is 10.2. The van der Waals surface area contributed by atoms with Crippen LogP contribution in [0.3, 0.4) is 0 Å². The van der Waals surface area contributed by atoms with Gasteiger partial charge in [0.25, 0.3) is 0 Å². The van der Waals surface area contributed by atoms with Crippen LogP contribution in [0.15, 0.2) is 38.6 Å². The first-order chi connectivity index (χ1) is 11.8. The fraction of sp³-hybridized carbons (Fsp3) is 0.375. The van der Waals surface area contributed by atoms with E-state index in [0.29, 0.717) is 31.5 Å². The molecule has 2 aromatic rings. The van der Waals surface area contributed by atoms with Gasteiger partial charge in [0.15, 0.2) is 5.96 Å². The van der Waals surface area contributed by atoms with Crippen LogP contribution in [0.1, 0.15) is 29.8 Å². The van der Waals surface area contributed by atoms with E-state index in [4.69, 9.17) is 9.56 Å². The Morgan fingerprint density at radius 2 is 2.08 bits per heavy atom. The van der Waals surface area contributed by atoms with E-state index in [-0.39, 0.29) is 4.90 Å². The van der Waals surface area contributed by atoms with Gasteiger partial charge in [-0.25, -0.2) is 23.5 Å². The third-order valence-corrected chi connectivity index (χ3v) is 4.38. The number of nitrogens with two attached hydrogens (primary N) is 1. The molecule has 1 aromatic heterocycles. The van der Waals surface area contributed by atoms with Gasteiger partial charge in [-0.1, -0.05) is 12.1 Å². The zero-order chi connectivity index (χ0) is 18.4. The average molecular weight is 365 g/mol. The molecule has 1 heterocycles. The predicted molar refractivity (Wildman–Crippen MR) is 95.4 cm³/mol. The van der Waals surface area contributed by atoms with Gasteiger partial charge in [0.05, 0.1) is 23.7 Å². The molecule has 0 fully saturated rings. The summed E-state index contributed by atoms with van der Waals surface area (Å²) in [4.78, 5) is 8.82. The maximum Gasteiger partial charge on any atom is 0.238 e. The Balaban J connectivity index is 2.06. The Kier molecular flexibility index (Phi) is 6.16. The Hall–Kier alpha value is -2.39. The largest absolute Gasteiger partial charge is 0.444 e. The SMILES string of the molecule is CCNC(=NCc1cccc(S(N)(=O)=O)c1)NCc1nc(C)c(C)o1. The first-order valence-corrected chi connectivity index (χ1v) is 9.41. The number of hydrogen-bond acceptors (Lipinski definition) is 5. The summed E-state index contributed by atoms with van der Waals surface area (Å²) >= 11 is 0. The number of nitrogens with one attached hydrogen (secondary N) is 2. The van der Waals surface area contributed by atoms with Crippen molar-refractivity contribution >= 4 is 16.0 Å². The summed E-state index contributed by atoms with van der Waals surface area (Å²) in [6.07, 6.45) is 0. The van der Waals surface area contributed by atoms with Crippen molar-refractivity contribution in [3.63, 3.8) is 0 Å². The van der Waals surface area contributed by atoms with Crippen LogP contribution >= 0.6 is 0 Å². The van der Waals surface area contributed by atoms with E-state index in [2.05, 4.69) is 20.6 Å². The number of nitrogens with zero attached hydrogens (tertiary/aromatic N) is 2. The van der Waals surface area contributed by atoms with E-state index >= 15 is 0 Å². The van der Waals surface area contributed by atoms with Crippen LogP contribution in [0.4, 0.5) is 0 Å². The zero-order valence-corrected chi connectivity index (χ0v) is 15.4. The molecule has 4 N–H and O–H groups in total. The van der Waals surface area contributed by atoms with Crippen molar-refractivity contribution in [2.45, 2.75) is 38.8 Å². The van der Waals surface area contributed by atoms with Gasteiger partial charge in [0.2, 0.25) is 15.9 Å². The van der Waals surface area contributed by atoms with Gasteiger partial charge in [0.1, 0.15) is 5.76 Å². The number of rotatable bonds is 6. The number of aromatic nitrogens is 1. The summed E-state index contributed by atoms with van der Waals surface area (Å²) in [6, 6.07) is 6.41. The Morgan fingerprint density at radius 3 is 2.68 bits per heavy atom. The van der Waals surface area contributed by atoms with Crippen molar-refractivity contribution in [1.29, 1.82) is 0 Å². The molecule has 0 aliphatic rings. The Morgan fingerprint density at radius 1 is 1.32 bits per heavy atom. The van der Waals surface area contributed by atoms with E-state index in [0.717, 1.165) is 17.0 Å². The van der Waals surface area contributed by atoms with Crippen LogP contribution in [-0.4, -0.2) is 25.9 Å². The van der Waals surface area contributed by atoms with Crippen molar-refractivity contribution in [3.8, 4) is 0 Å². The Labute approximate surface area is 147 Å². The van der Waals surface area contributed by atoms with Crippen LogP contribution in [-0.2, 0) is 23.1 Å². The molecule has 0 radical (unpaired) electrons. The Bertz CT molecular complexity index is 839. The predicted octanol–water partition coefficient (Wildman–Crippen LogP) is 1.19. The van der Waals surface area contributed by atoms with Crippen LogP contribution in [0.5, 0.6) is 0 Å². The minimum atomic E-state index is -3.72. The van der Waals surface area contributed by atoms with Gasteiger partial charge < -0.3 is 15.1 Å². The minimum absolute atomic E-state index is 0.0731. The molecule has 9 heteroatoms. The highest BCUT2D eigenvalue weighted by atomic mass is 32.2. The smallest absolute Gasteiger partial charge is 0.238 e. The third-order valence-electron chi connectivity index (χ3n) is 3.47. The minimum Gasteiger partial charge on any atom is -0.444 e. The second-order valence-corrected chi connectivity index (χ2v) is 7.05. The third kappa shape index (κ3) is 5.57. The summed E-state index contributed by atoms with van der Waals surface area (Å²) < 4.78 is 28.4. The molecular formula is C16H23N5O3S. The van der Waals surface area contributed by atoms with Crippen molar-refractivity contribution in [2.24, 2.45) is 10.1 Å². The lowest BCUT2D eigenvalue weighted by Gasteiger charge is -2.10. The maximum absolute atomic E-state index is 11.4. The van der Waals surface area contributed by atoms with E-state index in [1.54, 1.807) is 12.1 Å². The average Bonchev–Trinajstić information content (AvgIpc) is 2.88. The lowest BCUT2D eigenvalue weighted by Crippen LogP contribution is -2.36. The molecule has 0 atom stereocenters. The van der Waals surface area contributed by atoms with Gasteiger partial charge in [-0.3, -0.25) is 0 Å². The normalized spacial score (nSPS) is 12.2. The second-order valence-electron chi connectivity index (χ2n) is 5.49. The maximum atomic E-state index is 11.4. The molecule has 0 unspecified atom stereocenters. The molecule has 0 amide bonds. The number of hydrogen-bond donors (Lipinski definition) is 3. The summed E-state index contributed by atoms with van der Waals surface area (Å²) in [5, 5.41) is 11.4. The molecule has 2 rings (SSSR count). The molecule has 8 nitrogen and oxygen atoms in total. The van der Waals surface area contributed by atoms with Crippen molar-refractivity contribution < 1.29 is 12.8 Å². The fourth-order valence-corrected chi connectivity index (χ4v) is 2.69. The molecule has 0 saturated carbocycles. The molecule has 25 heavy (non-hydrogen) atoms. The molecular weight excluding hydrogens is 342 g/mol. The summed E-state index contributed by atoms with van der Waals surface area (Å²) in [5.74, 6) is 1.95. The van der Waals surface area contributed by atoms with Gasteiger partial charge in [-0.05, 0) is 38.5 Å². The highest BCUT2D eigenvalue weighted by molar-refractivity contribution is 7.89. The van der Waals surface area contributed by atoms with Gasteiger partial charge in [-0.2, -0.15) is 0 Å². The second kappa shape index (κ2) is 8.13. The monoisotopic (exact) mass is 365 g/mol. The number of aliphatic imine (C=N–C) groups is 1. The quantitative estimate of drug-likeness (QED) is 0.522. The zero-order valence-electron chi connectivity index (χ0n) is 14.5. The van der Waals surface area contributed by atoms with E-state index in [9.17, 15) is 8.42 Å². The van der Waals surface area contributed by atoms with Crippen LogP contribution in [0.2, 0.25) is 0 Å². The molecule has 1 aromatic carbocycles. The highest BCUT2D eigenvalue weighted by Crippen LogP contribution is 2.11. The van der Waals surface area contributed by atoms with Crippen molar-refractivity contribution in [2.75, 3.05) is 6.54 Å². The topological polar surface area (TPSA) is 123 Å². The first kappa shape index (κ1) is 18.9. The van der Waals surface area contributed by atoms with Gasteiger partial charge in [0, 0.05) is 6.54 Å². The molecule has 0 aliphatic heterocycles. The number of primary sulfonamides is 1. The number of benzene rings is 1. The summed E-state index contributed by atoms with van der Waals surface area (Å²) in [5.41, 5.74) is 1.60. The van der Waals surface area contributed by atoms with E-state index in [1.807, 2.05) is 20.8 Å². The van der Waals surface area contributed by atoms with Crippen LogP contribution in [0, 0.1) is 13.8 Å². The summed E-state index contributed by atoms with van der Waals surface area (Å²) in [7, 11) is -3.72. The van der Waals surface area contributed by atoms with E-state index < -0.39 is 10.0 Å². The standard InChI is InChI=1S/C16H23N5O3S/c1-4-18-16(20-10-15-21-11(2)12(3)24-15)19-9-13-6-5-7-14(8-13)25(17,22)23/h5-8H,4,9-10H2,1-3H3,(H2,17,22,23)(H2,18,19,20). The molecule has 0 saturated heterocycles. The van der Waals surface area contributed by atoms with Crippen molar-refractivity contribution in [1.82, 2.24) is 15.6 Å². The van der Waals surface area contributed by atoms with Crippen LogP contribution < -0.4 is 15.8 Å². The lowest BCUT2D eigenvalue weighted by molar-refractivity contribution is 0.463. The van der Waals surface area contributed by atoms with Crippen molar-refractivity contribution in [3.05, 3.63) is 47.2 Å². The molecule has 0 aliphatic carbocycles. The molecule has 0 spiro atoms. The fourth-order valence-electron chi connectivity index (χ4n) is 2.11. The molecule has 136 valence electrons. The summed E-state index contributed by atoms with van der Waals surface area (Å²) in [6.45, 7) is 7.11. The first-order valence-electron chi connectivity index (χ1n) is 7.86. The number of sulfonamides is 1. The number of oxazole rings is 1. The van der Waals surface area contributed by atoms with Gasteiger partial charge in [-0.15, -0.1) is 0 Å².